The van der Waals surface area contributed by atoms with Crippen LogP contribution in [0, 0.1) is 6.92 Å². The monoisotopic (exact) mass is 569 g/mol. The number of nitrogens with one attached hydrogen (secondary N) is 2. The maximum absolute atomic E-state index is 14.1. The summed E-state index contributed by atoms with van der Waals surface area (Å²) in [5, 5.41) is 6.98. The van der Waals surface area contributed by atoms with Gasteiger partial charge < -0.3 is 19.7 Å². The van der Waals surface area contributed by atoms with Crippen molar-refractivity contribution in [2.24, 2.45) is 0 Å². The van der Waals surface area contributed by atoms with Crippen molar-refractivity contribution in [1.82, 2.24) is 30.3 Å². The molecule has 0 radical (unpaired) electrons. The van der Waals surface area contributed by atoms with Gasteiger partial charge >= 0.3 is 0 Å². The largest absolute Gasteiger partial charge is 0.361 e. The Kier molecular flexibility index (Phi) is 8.19. The predicted octanol–water partition coefficient (Wildman–Crippen LogP) is 4.21. The molecule has 1 aliphatic heterocycles. The standard InChI is InChI=1S/C31H35N7O4/c1-20-16-25(36-42-20)29(40)37-14-11-23(12-15-37)35-28(39)27(21-6-5-13-32-17-21)38(30(41)26-18-33-19-34-26)24-9-7-22(8-10-24)31(2,3)4/h5-10,13,16-19,23,27H,11-12,14-15H2,1-4H3,(H,33,34)(H,35,39). The molecule has 1 atom stereocenters. The quantitative estimate of drug-likeness (QED) is 0.340. The molecule has 0 bridgehead atoms. The summed E-state index contributed by atoms with van der Waals surface area (Å²) in [4.78, 5) is 55.2. The molecule has 0 aliphatic carbocycles. The van der Waals surface area contributed by atoms with Crippen LogP contribution in [-0.4, -0.2) is 61.9 Å². The number of carbonyl (C=O) groups is 3. The van der Waals surface area contributed by atoms with Gasteiger partial charge in [-0.3, -0.25) is 24.3 Å². The third-order valence-corrected chi connectivity index (χ3v) is 7.44. The molecular weight excluding hydrogens is 534 g/mol. The first-order chi connectivity index (χ1) is 20.1. The number of pyridine rings is 1. The number of hydrogen-bond donors (Lipinski definition) is 2. The highest BCUT2D eigenvalue weighted by atomic mass is 16.5. The Hall–Kier alpha value is -4.80. The number of H-pyrrole nitrogens is 1. The summed E-state index contributed by atoms with van der Waals surface area (Å²) in [7, 11) is 0. The van der Waals surface area contributed by atoms with E-state index in [1.165, 1.54) is 17.4 Å². The Morgan fingerprint density at radius 2 is 1.81 bits per heavy atom. The number of aromatic amines is 1. The second-order valence-corrected chi connectivity index (χ2v) is 11.5. The van der Waals surface area contributed by atoms with Crippen molar-refractivity contribution >= 4 is 23.4 Å². The van der Waals surface area contributed by atoms with Crippen molar-refractivity contribution in [1.29, 1.82) is 0 Å². The summed E-state index contributed by atoms with van der Waals surface area (Å²) in [6, 6.07) is 11.6. The van der Waals surface area contributed by atoms with Crippen molar-refractivity contribution in [3.8, 4) is 0 Å². The second-order valence-electron chi connectivity index (χ2n) is 11.5. The van der Waals surface area contributed by atoms with Gasteiger partial charge in [0.05, 0.1) is 12.5 Å². The van der Waals surface area contributed by atoms with Crippen molar-refractivity contribution in [2.45, 2.75) is 58.0 Å². The zero-order valence-electron chi connectivity index (χ0n) is 24.2. The van der Waals surface area contributed by atoms with Crippen LogP contribution in [0.2, 0.25) is 0 Å². The summed E-state index contributed by atoms with van der Waals surface area (Å²) in [5.41, 5.74) is 2.68. The highest BCUT2D eigenvalue weighted by Crippen LogP contribution is 2.32. The van der Waals surface area contributed by atoms with E-state index in [0.717, 1.165) is 5.56 Å². The maximum atomic E-state index is 14.1. The first-order valence-electron chi connectivity index (χ1n) is 14.0. The lowest BCUT2D eigenvalue weighted by molar-refractivity contribution is -0.123. The van der Waals surface area contributed by atoms with Crippen LogP contribution in [0.15, 0.2) is 71.9 Å². The number of likely N-dealkylation sites (tertiary alicyclic amines) is 1. The van der Waals surface area contributed by atoms with Gasteiger partial charge in [-0.2, -0.15) is 0 Å². The lowest BCUT2D eigenvalue weighted by Crippen LogP contribution is -2.50. The molecule has 0 saturated carbocycles. The van der Waals surface area contributed by atoms with Gasteiger partial charge in [0.15, 0.2) is 5.69 Å². The average molecular weight is 570 g/mol. The molecule has 3 aromatic heterocycles. The van der Waals surface area contributed by atoms with E-state index in [9.17, 15) is 14.4 Å². The van der Waals surface area contributed by atoms with Gasteiger partial charge in [0.2, 0.25) is 5.91 Å². The molecular formula is C31H35N7O4. The minimum atomic E-state index is -1.01. The van der Waals surface area contributed by atoms with Crippen LogP contribution in [-0.2, 0) is 10.2 Å². The first-order valence-corrected chi connectivity index (χ1v) is 14.0. The lowest BCUT2D eigenvalue weighted by Gasteiger charge is -2.35. The molecule has 11 nitrogen and oxygen atoms in total. The molecule has 1 aromatic carbocycles. The van der Waals surface area contributed by atoms with E-state index in [1.54, 1.807) is 42.4 Å². The van der Waals surface area contributed by atoms with Gasteiger partial charge in [0.25, 0.3) is 11.8 Å². The first kappa shape index (κ1) is 28.7. The van der Waals surface area contributed by atoms with Crippen molar-refractivity contribution in [3.05, 3.63) is 95.7 Å². The Bertz CT molecular complexity index is 1520. The van der Waals surface area contributed by atoms with Crippen molar-refractivity contribution in [2.75, 3.05) is 18.0 Å². The normalized spacial score (nSPS) is 14.8. The number of hydrogen-bond acceptors (Lipinski definition) is 7. The molecule has 1 fully saturated rings. The number of imidazole rings is 1. The van der Waals surface area contributed by atoms with Gasteiger partial charge in [-0.15, -0.1) is 0 Å². The number of benzene rings is 1. The molecule has 4 aromatic rings. The number of piperidine rings is 1. The Labute approximate surface area is 244 Å². The molecule has 11 heteroatoms. The fourth-order valence-corrected chi connectivity index (χ4v) is 5.10. The van der Waals surface area contributed by atoms with Crippen LogP contribution in [0.5, 0.6) is 0 Å². The summed E-state index contributed by atoms with van der Waals surface area (Å²) in [5.74, 6) is -0.361. The lowest BCUT2D eigenvalue weighted by atomic mass is 9.87. The van der Waals surface area contributed by atoms with E-state index < -0.39 is 11.9 Å². The van der Waals surface area contributed by atoms with Crippen LogP contribution in [0.25, 0.3) is 0 Å². The smallest absolute Gasteiger partial charge is 0.277 e. The fourth-order valence-electron chi connectivity index (χ4n) is 5.10. The Morgan fingerprint density at radius 1 is 1.07 bits per heavy atom. The predicted molar refractivity (Wildman–Crippen MR) is 156 cm³/mol. The van der Waals surface area contributed by atoms with E-state index in [1.807, 2.05) is 24.3 Å². The summed E-state index contributed by atoms with van der Waals surface area (Å²) >= 11 is 0. The van der Waals surface area contributed by atoms with Gasteiger partial charge in [-0.05, 0) is 48.9 Å². The van der Waals surface area contributed by atoms with E-state index in [-0.39, 0.29) is 34.7 Å². The number of rotatable bonds is 7. The zero-order valence-corrected chi connectivity index (χ0v) is 24.2. The van der Waals surface area contributed by atoms with E-state index in [4.69, 9.17) is 4.52 Å². The summed E-state index contributed by atoms with van der Waals surface area (Å²) < 4.78 is 5.05. The topological polar surface area (TPSA) is 137 Å². The van der Waals surface area contributed by atoms with Crippen LogP contribution in [0.4, 0.5) is 5.69 Å². The summed E-state index contributed by atoms with van der Waals surface area (Å²) in [6.45, 7) is 9.01. The molecule has 1 saturated heterocycles. The van der Waals surface area contributed by atoms with E-state index in [2.05, 4.69) is 46.2 Å². The third-order valence-electron chi connectivity index (χ3n) is 7.44. The second kappa shape index (κ2) is 12.0. The van der Waals surface area contributed by atoms with Gasteiger partial charge in [-0.1, -0.05) is 44.1 Å². The number of aryl methyl sites for hydroxylation is 1. The molecule has 1 aliphatic rings. The minimum absolute atomic E-state index is 0.0837. The van der Waals surface area contributed by atoms with Crippen LogP contribution >= 0.6 is 0 Å². The number of amides is 3. The molecule has 1 unspecified atom stereocenters. The zero-order chi connectivity index (χ0) is 29.9. The Morgan fingerprint density at radius 3 is 2.38 bits per heavy atom. The number of aromatic nitrogens is 4. The van der Waals surface area contributed by atoms with Crippen LogP contribution in [0.1, 0.15) is 77.5 Å². The number of nitrogens with zero attached hydrogens (tertiary/aromatic N) is 5. The SMILES string of the molecule is Cc1cc(C(=O)N2CCC(NC(=O)C(c3cccnc3)N(C(=O)c3cnc[nH]3)c3ccc(C(C)(C)C)cc3)CC2)no1. The number of carbonyl (C=O) groups excluding carboxylic acids is 3. The van der Waals surface area contributed by atoms with Gasteiger partial charge in [-0.25, -0.2) is 4.98 Å². The Balaban J connectivity index is 1.41. The third kappa shape index (κ3) is 6.24. The highest BCUT2D eigenvalue weighted by molar-refractivity contribution is 6.09. The number of anilines is 1. The molecule has 4 heterocycles. The van der Waals surface area contributed by atoms with Crippen LogP contribution < -0.4 is 10.2 Å². The maximum Gasteiger partial charge on any atom is 0.277 e. The summed E-state index contributed by atoms with van der Waals surface area (Å²) in [6.07, 6.45) is 7.22. The molecule has 5 rings (SSSR count). The van der Waals surface area contributed by atoms with Gasteiger partial charge in [0.1, 0.15) is 17.5 Å². The van der Waals surface area contributed by atoms with Crippen LogP contribution in [0.3, 0.4) is 0 Å². The van der Waals surface area contributed by atoms with Crippen molar-refractivity contribution in [3.63, 3.8) is 0 Å². The highest BCUT2D eigenvalue weighted by Gasteiger charge is 2.36. The molecule has 42 heavy (non-hydrogen) atoms. The van der Waals surface area contributed by atoms with E-state index in [0.29, 0.717) is 42.9 Å². The minimum Gasteiger partial charge on any atom is -0.361 e. The van der Waals surface area contributed by atoms with Gasteiger partial charge in [0, 0.05) is 48.8 Å². The van der Waals surface area contributed by atoms with E-state index >= 15 is 0 Å². The fraction of sp³-hybridized carbons (Fsp3) is 0.355. The molecule has 3 amide bonds. The molecule has 0 spiro atoms. The average Bonchev–Trinajstić information content (AvgIpc) is 3.68. The van der Waals surface area contributed by atoms with Crippen molar-refractivity contribution < 1.29 is 18.9 Å². The molecule has 218 valence electrons. The molecule has 2 N–H and O–H groups in total.